The number of aliphatic carboxylic acids is 1. The molecular weight excluding hydrogens is 497 g/mol. The number of fused-ring (bicyclic) bond motifs is 1. The van der Waals surface area contributed by atoms with E-state index in [0.29, 0.717) is 31.8 Å². The quantitative estimate of drug-likeness (QED) is 0.455. The first-order valence-corrected chi connectivity index (χ1v) is 13.4. The number of likely N-dealkylation sites (tertiary alicyclic amines) is 1. The Balaban J connectivity index is 1.32. The van der Waals surface area contributed by atoms with Crippen molar-refractivity contribution in [2.45, 2.75) is 76.1 Å². The van der Waals surface area contributed by atoms with E-state index in [0.717, 1.165) is 48.8 Å². The Bertz CT molecular complexity index is 1190. The van der Waals surface area contributed by atoms with Gasteiger partial charge in [0.05, 0.1) is 18.6 Å². The number of aryl methyl sites for hydroxylation is 1. The molecule has 9 heteroatoms. The minimum atomic E-state index is -4.50. The van der Waals surface area contributed by atoms with E-state index in [1.807, 2.05) is 6.07 Å². The molecule has 1 aromatic heterocycles. The van der Waals surface area contributed by atoms with Crippen LogP contribution in [0.2, 0.25) is 0 Å². The monoisotopic (exact) mass is 532 g/mol. The van der Waals surface area contributed by atoms with Crippen molar-refractivity contribution in [2.75, 3.05) is 20.2 Å². The molecule has 2 aliphatic heterocycles. The lowest BCUT2D eigenvalue weighted by Gasteiger charge is -2.46. The summed E-state index contributed by atoms with van der Waals surface area (Å²) in [6, 6.07) is 7.12. The first kappa shape index (κ1) is 26.8. The summed E-state index contributed by atoms with van der Waals surface area (Å²) < 4.78 is 52.9. The number of carboxylic acids is 1. The third-order valence-electron chi connectivity index (χ3n) is 8.84. The number of hydrogen-bond donors (Lipinski definition) is 1. The molecule has 0 radical (unpaired) electrons. The van der Waals surface area contributed by atoms with Crippen molar-refractivity contribution < 1.29 is 32.5 Å². The normalized spacial score (nSPS) is 21.7. The van der Waals surface area contributed by atoms with Crippen molar-refractivity contribution in [3.8, 4) is 11.6 Å². The minimum Gasteiger partial charge on any atom is -0.487 e. The molecule has 3 aliphatic rings. The Morgan fingerprint density at radius 2 is 1.89 bits per heavy atom. The third kappa shape index (κ3) is 5.22. The van der Waals surface area contributed by atoms with Crippen LogP contribution in [0, 0.1) is 11.8 Å². The average molecular weight is 533 g/mol. The molecule has 1 saturated carbocycles. The zero-order valence-electron chi connectivity index (χ0n) is 22.1. The Morgan fingerprint density at radius 3 is 2.50 bits per heavy atom. The third-order valence-corrected chi connectivity index (χ3v) is 8.84. The largest absolute Gasteiger partial charge is 0.487 e. The number of methoxy groups -OCH3 is 1. The summed E-state index contributed by atoms with van der Waals surface area (Å²) >= 11 is 0. The highest BCUT2D eigenvalue weighted by Crippen LogP contribution is 2.49. The van der Waals surface area contributed by atoms with Crippen molar-refractivity contribution in [2.24, 2.45) is 11.8 Å². The maximum absolute atomic E-state index is 13.7. The summed E-state index contributed by atoms with van der Waals surface area (Å²) in [5, 5.41) is 9.66. The van der Waals surface area contributed by atoms with E-state index in [1.165, 1.54) is 13.2 Å². The fraction of sp³-hybridized carbons (Fsp3) is 0.586. The number of hydrogen-bond acceptors (Lipinski definition) is 5. The van der Waals surface area contributed by atoms with Gasteiger partial charge in [-0.25, -0.2) is 4.98 Å². The molecular formula is C29H35F3N2O4. The van der Waals surface area contributed by atoms with Crippen molar-refractivity contribution >= 4 is 5.97 Å². The SMILES string of the molecule is COc1cc(C(C)N2CCC3(CCc4ccc(C(C5CC5)[C@H](C)C(=O)O)cc4O3)CC2)c(C(F)(F)F)cn1. The standard InChI is InChI=1S/C29H35F3N2O4/c1-17(27(35)36)26(20-5-6-20)21-7-4-19-8-9-28(38-24(19)14-21)10-12-34(13-11-28)18(2)22-15-25(37-3)33-16-23(22)29(30,31)32/h4,7,14-18,20,26H,5-6,8-13H2,1-3H3,(H,35,36)/t17-,18?,26?/m0/s1. The molecule has 2 fully saturated rings. The van der Waals surface area contributed by atoms with Gasteiger partial charge in [0.25, 0.3) is 0 Å². The molecule has 0 bridgehead atoms. The van der Waals surface area contributed by atoms with E-state index in [1.54, 1.807) is 13.8 Å². The Hall–Kier alpha value is -2.81. The van der Waals surface area contributed by atoms with Gasteiger partial charge in [0.2, 0.25) is 5.88 Å². The number of carboxylic acid groups (broad SMARTS) is 1. The highest BCUT2D eigenvalue weighted by molar-refractivity contribution is 5.71. The zero-order valence-corrected chi connectivity index (χ0v) is 22.1. The second-order valence-electron chi connectivity index (χ2n) is 11.2. The van der Waals surface area contributed by atoms with Crippen molar-refractivity contribution in [3.05, 3.63) is 52.7 Å². The molecule has 38 heavy (non-hydrogen) atoms. The number of rotatable bonds is 7. The van der Waals surface area contributed by atoms with Gasteiger partial charge in [0, 0.05) is 31.4 Å². The average Bonchev–Trinajstić information content (AvgIpc) is 3.73. The fourth-order valence-corrected chi connectivity index (χ4v) is 6.32. The van der Waals surface area contributed by atoms with E-state index >= 15 is 0 Å². The number of carbonyl (C=O) groups is 1. The molecule has 1 N–H and O–H groups in total. The molecule has 0 amide bonds. The minimum absolute atomic E-state index is 0.0258. The molecule has 2 aromatic rings. The fourth-order valence-electron chi connectivity index (χ4n) is 6.32. The summed E-state index contributed by atoms with van der Waals surface area (Å²) in [7, 11) is 1.40. The van der Waals surface area contributed by atoms with Crippen molar-refractivity contribution in [1.29, 1.82) is 0 Å². The molecule has 206 valence electrons. The predicted octanol–water partition coefficient (Wildman–Crippen LogP) is 6.24. The highest BCUT2D eigenvalue weighted by Gasteiger charge is 2.43. The van der Waals surface area contributed by atoms with Gasteiger partial charge in [0.15, 0.2) is 0 Å². The number of piperidine rings is 1. The van der Waals surface area contributed by atoms with E-state index in [-0.39, 0.29) is 23.0 Å². The Labute approximate surface area is 221 Å². The van der Waals surface area contributed by atoms with Crippen LogP contribution in [0.5, 0.6) is 11.6 Å². The summed E-state index contributed by atoms with van der Waals surface area (Å²) in [5.41, 5.74) is 1.22. The molecule has 1 saturated heterocycles. The lowest BCUT2D eigenvalue weighted by Crippen LogP contribution is -2.50. The van der Waals surface area contributed by atoms with E-state index in [2.05, 4.69) is 22.0 Å². The second kappa shape index (κ2) is 10.1. The number of ether oxygens (including phenoxy) is 2. The van der Waals surface area contributed by atoms with Crippen LogP contribution in [0.4, 0.5) is 13.2 Å². The van der Waals surface area contributed by atoms with Gasteiger partial charge in [-0.2, -0.15) is 13.2 Å². The topological polar surface area (TPSA) is 71.9 Å². The molecule has 6 nitrogen and oxygen atoms in total. The smallest absolute Gasteiger partial charge is 0.418 e. The molecule has 3 atom stereocenters. The van der Waals surface area contributed by atoms with Crippen LogP contribution in [0.3, 0.4) is 0 Å². The van der Waals surface area contributed by atoms with Crippen LogP contribution in [0.1, 0.15) is 80.2 Å². The maximum atomic E-state index is 13.7. The summed E-state index contributed by atoms with van der Waals surface area (Å²) in [6.07, 6.45) is 1.61. The number of pyridine rings is 1. The van der Waals surface area contributed by atoms with Crippen molar-refractivity contribution in [3.63, 3.8) is 0 Å². The number of benzene rings is 1. The number of alkyl halides is 3. The van der Waals surface area contributed by atoms with Crippen LogP contribution in [0.25, 0.3) is 0 Å². The lowest BCUT2D eigenvalue weighted by molar-refractivity contribution is -0.142. The van der Waals surface area contributed by atoms with Crippen LogP contribution < -0.4 is 9.47 Å². The van der Waals surface area contributed by atoms with Gasteiger partial charge < -0.3 is 14.6 Å². The predicted molar refractivity (Wildman–Crippen MR) is 135 cm³/mol. The Morgan fingerprint density at radius 1 is 1.18 bits per heavy atom. The highest BCUT2D eigenvalue weighted by atomic mass is 19.4. The van der Waals surface area contributed by atoms with Gasteiger partial charge in [-0.1, -0.05) is 19.1 Å². The summed E-state index contributed by atoms with van der Waals surface area (Å²) in [5.74, 6) is 0.127. The number of nitrogens with zero attached hydrogens (tertiary/aromatic N) is 2. The van der Waals surface area contributed by atoms with E-state index < -0.39 is 29.7 Å². The van der Waals surface area contributed by atoms with E-state index in [4.69, 9.17) is 9.47 Å². The summed E-state index contributed by atoms with van der Waals surface area (Å²) in [6.45, 7) is 4.80. The van der Waals surface area contributed by atoms with Gasteiger partial charge in [-0.05, 0) is 80.0 Å². The van der Waals surface area contributed by atoms with Gasteiger partial charge >= 0.3 is 12.1 Å². The van der Waals surface area contributed by atoms with Crippen LogP contribution >= 0.6 is 0 Å². The van der Waals surface area contributed by atoms with Crippen molar-refractivity contribution in [1.82, 2.24) is 9.88 Å². The molecule has 5 rings (SSSR count). The zero-order chi connectivity index (χ0) is 27.2. The molecule has 1 aliphatic carbocycles. The molecule has 3 heterocycles. The van der Waals surface area contributed by atoms with Gasteiger partial charge in [0.1, 0.15) is 11.4 Å². The number of halogens is 3. The van der Waals surface area contributed by atoms with E-state index in [9.17, 15) is 23.1 Å². The Kier molecular flexibility index (Phi) is 7.09. The first-order valence-electron chi connectivity index (χ1n) is 13.4. The van der Waals surface area contributed by atoms with Crippen LogP contribution in [-0.2, 0) is 17.4 Å². The molecule has 2 unspecified atom stereocenters. The van der Waals surface area contributed by atoms with Crippen LogP contribution in [-0.4, -0.2) is 46.8 Å². The van der Waals surface area contributed by atoms with Crippen LogP contribution in [0.15, 0.2) is 30.5 Å². The molecule has 1 aromatic carbocycles. The lowest BCUT2D eigenvalue weighted by atomic mass is 9.80. The second-order valence-corrected chi connectivity index (χ2v) is 11.2. The van der Waals surface area contributed by atoms with Gasteiger partial charge in [-0.15, -0.1) is 0 Å². The molecule has 1 spiro atoms. The summed E-state index contributed by atoms with van der Waals surface area (Å²) in [4.78, 5) is 17.6. The first-order chi connectivity index (χ1) is 18.0. The maximum Gasteiger partial charge on any atom is 0.418 e. The van der Waals surface area contributed by atoms with Gasteiger partial charge in [-0.3, -0.25) is 9.69 Å². The number of aromatic nitrogens is 1.